The van der Waals surface area contributed by atoms with Gasteiger partial charge in [-0.2, -0.15) is 0 Å². The molecule has 0 spiro atoms. The lowest BCUT2D eigenvalue weighted by atomic mass is 10.3. The standard InChI is InChI=1S/C11H7BrN2O3/c12-8-1-3-9(4-2-8)17-10-5-6-11(13-7-10)14(15)16/h1-7H. The maximum atomic E-state index is 10.4. The predicted octanol–water partition coefficient (Wildman–Crippen LogP) is 3.54. The Morgan fingerprint density at radius 1 is 1.12 bits per heavy atom. The van der Waals surface area contributed by atoms with Crippen molar-refractivity contribution in [1.29, 1.82) is 0 Å². The fourth-order valence-electron chi connectivity index (χ4n) is 1.18. The molecule has 0 aliphatic heterocycles. The third-order valence-corrected chi connectivity index (χ3v) is 2.49. The fourth-order valence-corrected chi connectivity index (χ4v) is 1.44. The van der Waals surface area contributed by atoms with Gasteiger partial charge in [0.2, 0.25) is 0 Å². The number of hydrogen-bond acceptors (Lipinski definition) is 4. The first-order valence-corrected chi connectivity index (χ1v) is 5.48. The Kier molecular flexibility index (Phi) is 3.34. The van der Waals surface area contributed by atoms with Crippen molar-refractivity contribution < 1.29 is 9.66 Å². The van der Waals surface area contributed by atoms with Crippen molar-refractivity contribution in [2.75, 3.05) is 0 Å². The van der Waals surface area contributed by atoms with Crippen molar-refractivity contribution >= 4 is 21.7 Å². The summed E-state index contributed by atoms with van der Waals surface area (Å²) in [4.78, 5) is 13.5. The molecule has 0 aliphatic carbocycles. The average Bonchev–Trinajstić information content (AvgIpc) is 2.33. The third-order valence-electron chi connectivity index (χ3n) is 1.96. The number of hydrogen-bond donors (Lipinski definition) is 0. The van der Waals surface area contributed by atoms with Crippen LogP contribution in [0.4, 0.5) is 5.82 Å². The van der Waals surface area contributed by atoms with E-state index in [2.05, 4.69) is 20.9 Å². The molecule has 0 fully saturated rings. The van der Waals surface area contributed by atoms with Crippen molar-refractivity contribution in [2.24, 2.45) is 0 Å². The van der Waals surface area contributed by atoms with Gasteiger partial charge in [0.25, 0.3) is 0 Å². The molecule has 2 aromatic rings. The highest BCUT2D eigenvalue weighted by molar-refractivity contribution is 9.10. The molecular weight excluding hydrogens is 288 g/mol. The summed E-state index contributed by atoms with van der Waals surface area (Å²) in [6.45, 7) is 0. The van der Waals surface area contributed by atoms with E-state index in [-0.39, 0.29) is 5.82 Å². The van der Waals surface area contributed by atoms with Crippen molar-refractivity contribution in [3.63, 3.8) is 0 Å². The van der Waals surface area contributed by atoms with Crippen LogP contribution >= 0.6 is 15.9 Å². The lowest BCUT2D eigenvalue weighted by Gasteiger charge is -2.03. The second-order valence-corrected chi connectivity index (χ2v) is 4.08. The van der Waals surface area contributed by atoms with Crippen LogP contribution in [0.2, 0.25) is 0 Å². The van der Waals surface area contributed by atoms with Gasteiger partial charge >= 0.3 is 5.82 Å². The number of pyridine rings is 1. The molecule has 86 valence electrons. The van der Waals surface area contributed by atoms with E-state index in [1.165, 1.54) is 18.3 Å². The molecule has 5 nitrogen and oxygen atoms in total. The number of nitrogens with zero attached hydrogens (tertiary/aromatic N) is 2. The zero-order chi connectivity index (χ0) is 12.3. The summed E-state index contributed by atoms with van der Waals surface area (Å²) in [6.07, 6.45) is 1.32. The Bertz CT molecular complexity index is 525. The summed E-state index contributed by atoms with van der Waals surface area (Å²) in [5, 5.41) is 10.4. The van der Waals surface area contributed by atoms with Gasteiger partial charge in [0.05, 0.1) is 0 Å². The summed E-state index contributed by atoms with van der Waals surface area (Å²) in [5.41, 5.74) is 0. The molecule has 0 amide bonds. The zero-order valence-corrected chi connectivity index (χ0v) is 10.1. The Morgan fingerprint density at radius 3 is 2.29 bits per heavy atom. The van der Waals surface area contributed by atoms with Gasteiger partial charge < -0.3 is 14.9 Å². The smallest absolute Gasteiger partial charge is 0.363 e. The van der Waals surface area contributed by atoms with Gasteiger partial charge in [-0.1, -0.05) is 15.9 Å². The zero-order valence-electron chi connectivity index (χ0n) is 8.54. The third kappa shape index (κ3) is 3.01. The van der Waals surface area contributed by atoms with Crippen LogP contribution in [-0.2, 0) is 0 Å². The lowest BCUT2D eigenvalue weighted by Crippen LogP contribution is -1.92. The summed E-state index contributed by atoms with van der Waals surface area (Å²) in [6, 6.07) is 10.1. The maximum Gasteiger partial charge on any atom is 0.363 e. The molecule has 6 heteroatoms. The largest absolute Gasteiger partial charge is 0.453 e. The van der Waals surface area contributed by atoms with Crippen LogP contribution < -0.4 is 4.74 Å². The molecule has 0 bridgehead atoms. The molecule has 0 saturated heterocycles. The van der Waals surface area contributed by atoms with E-state index in [4.69, 9.17) is 4.74 Å². The van der Waals surface area contributed by atoms with Crippen LogP contribution in [0.15, 0.2) is 47.1 Å². The highest BCUT2D eigenvalue weighted by atomic mass is 79.9. The van der Waals surface area contributed by atoms with Crippen LogP contribution in [0.5, 0.6) is 11.5 Å². The average molecular weight is 295 g/mol. The number of nitro groups is 1. The van der Waals surface area contributed by atoms with Crippen molar-refractivity contribution in [1.82, 2.24) is 4.98 Å². The van der Waals surface area contributed by atoms with Crippen LogP contribution in [0.1, 0.15) is 0 Å². The summed E-state index contributed by atoms with van der Waals surface area (Å²) < 4.78 is 6.41. The van der Waals surface area contributed by atoms with E-state index in [1.54, 1.807) is 12.1 Å². The number of halogens is 1. The minimum atomic E-state index is -0.552. The van der Waals surface area contributed by atoms with Crippen LogP contribution in [0.3, 0.4) is 0 Å². The summed E-state index contributed by atoms with van der Waals surface area (Å²) >= 11 is 3.31. The number of rotatable bonds is 3. The van der Waals surface area contributed by atoms with Crippen LogP contribution in [-0.4, -0.2) is 9.91 Å². The minimum Gasteiger partial charge on any atom is -0.453 e. The molecule has 2 rings (SSSR count). The second-order valence-electron chi connectivity index (χ2n) is 3.17. The fraction of sp³-hybridized carbons (Fsp3) is 0. The van der Waals surface area contributed by atoms with Crippen LogP contribution in [0, 0.1) is 10.1 Å². The number of aromatic nitrogens is 1. The molecule has 1 aromatic heterocycles. The summed E-state index contributed by atoms with van der Waals surface area (Å²) in [5.74, 6) is 0.898. The molecule has 0 atom stereocenters. The second kappa shape index (κ2) is 4.92. The molecule has 1 aromatic carbocycles. The first-order valence-electron chi connectivity index (χ1n) is 4.69. The highest BCUT2D eigenvalue weighted by Crippen LogP contribution is 2.23. The monoisotopic (exact) mass is 294 g/mol. The molecule has 1 heterocycles. The topological polar surface area (TPSA) is 65.3 Å². The molecule has 0 N–H and O–H groups in total. The first kappa shape index (κ1) is 11.5. The van der Waals surface area contributed by atoms with Gasteiger partial charge in [-0.15, -0.1) is 0 Å². The predicted molar refractivity (Wildman–Crippen MR) is 65.1 cm³/mol. The SMILES string of the molecule is O=[N+]([O-])c1ccc(Oc2ccc(Br)cc2)cn1. The Hall–Kier alpha value is -1.95. The quantitative estimate of drug-likeness (QED) is 0.641. The van der Waals surface area contributed by atoms with Crippen molar-refractivity contribution in [3.8, 4) is 11.5 Å². The van der Waals surface area contributed by atoms with Gasteiger partial charge in [0, 0.05) is 10.5 Å². The van der Waals surface area contributed by atoms with E-state index in [9.17, 15) is 10.1 Å². The normalized spacial score (nSPS) is 9.94. The Morgan fingerprint density at radius 2 is 1.76 bits per heavy atom. The van der Waals surface area contributed by atoms with E-state index in [1.807, 2.05) is 12.1 Å². The van der Waals surface area contributed by atoms with Gasteiger partial charge in [0.15, 0.2) is 11.9 Å². The maximum absolute atomic E-state index is 10.4. The van der Waals surface area contributed by atoms with Gasteiger partial charge in [-0.05, 0) is 40.2 Å². The van der Waals surface area contributed by atoms with E-state index >= 15 is 0 Å². The molecule has 0 aliphatic rings. The van der Waals surface area contributed by atoms with Crippen LogP contribution in [0.25, 0.3) is 0 Å². The van der Waals surface area contributed by atoms with Crippen molar-refractivity contribution in [2.45, 2.75) is 0 Å². The molecule has 0 radical (unpaired) electrons. The first-order chi connectivity index (χ1) is 8.15. The summed E-state index contributed by atoms with van der Waals surface area (Å²) in [7, 11) is 0. The Balaban J connectivity index is 2.13. The number of benzene rings is 1. The van der Waals surface area contributed by atoms with E-state index < -0.39 is 4.92 Å². The van der Waals surface area contributed by atoms with Gasteiger partial charge in [-0.25, -0.2) is 0 Å². The van der Waals surface area contributed by atoms with Gasteiger partial charge in [0.1, 0.15) is 5.75 Å². The van der Waals surface area contributed by atoms with Crippen molar-refractivity contribution in [3.05, 3.63) is 57.2 Å². The van der Waals surface area contributed by atoms with E-state index in [0.29, 0.717) is 11.5 Å². The molecule has 17 heavy (non-hydrogen) atoms. The molecule has 0 unspecified atom stereocenters. The minimum absolute atomic E-state index is 0.201. The highest BCUT2D eigenvalue weighted by Gasteiger charge is 2.07. The van der Waals surface area contributed by atoms with Gasteiger partial charge in [-0.3, -0.25) is 0 Å². The Labute approximate surface area is 105 Å². The van der Waals surface area contributed by atoms with E-state index in [0.717, 1.165) is 4.47 Å². The number of ether oxygens (including phenoxy) is 1. The molecule has 0 saturated carbocycles. The lowest BCUT2D eigenvalue weighted by molar-refractivity contribution is -0.389. The molecular formula is C11H7BrN2O3.